The van der Waals surface area contributed by atoms with E-state index in [2.05, 4.69) is 15.3 Å². The number of aromatic hydroxyl groups is 1. The fourth-order valence-electron chi connectivity index (χ4n) is 3.85. The van der Waals surface area contributed by atoms with Gasteiger partial charge in [-0.1, -0.05) is 12.1 Å². The Morgan fingerprint density at radius 2 is 1.76 bits per heavy atom. The van der Waals surface area contributed by atoms with Gasteiger partial charge in [-0.25, -0.2) is 14.4 Å². The van der Waals surface area contributed by atoms with Crippen LogP contribution in [0.1, 0.15) is 11.3 Å². The number of ether oxygens (including phenoxy) is 1. The SMILES string of the molecule is COc1ncc(NC(=O)Cc2c(O)n(-c3ccc(F)cc3)c(=S)n2CCc2ccc(N(C)C)cc2)cn1. The molecule has 192 valence electrons. The first-order chi connectivity index (χ1) is 17.8. The Morgan fingerprint density at radius 1 is 1.11 bits per heavy atom. The van der Waals surface area contributed by atoms with Crippen molar-refractivity contribution in [2.75, 3.05) is 31.4 Å². The summed E-state index contributed by atoms with van der Waals surface area (Å²) in [6.45, 7) is 0.427. The third kappa shape index (κ3) is 5.95. The molecule has 0 radical (unpaired) electrons. The molecule has 0 aliphatic heterocycles. The fourth-order valence-corrected chi connectivity index (χ4v) is 4.24. The van der Waals surface area contributed by atoms with Gasteiger partial charge in [0.1, 0.15) is 5.82 Å². The molecule has 0 atom stereocenters. The zero-order valence-electron chi connectivity index (χ0n) is 20.7. The number of rotatable bonds is 9. The summed E-state index contributed by atoms with van der Waals surface area (Å²) in [6.07, 6.45) is 3.32. The van der Waals surface area contributed by atoms with E-state index >= 15 is 0 Å². The number of aromatic nitrogens is 4. The van der Waals surface area contributed by atoms with Gasteiger partial charge in [0, 0.05) is 26.3 Å². The number of benzene rings is 2. The first kappa shape index (κ1) is 25.8. The second-order valence-electron chi connectivity index (χ2n) is 8.51. The van der Waals surface area contributed by atoms with E-state index in [9.17, 15) is 14.3 Å². The molecule has 4 rings (SSSR count). The summed E-state index contributed by atoms with van der Waals surface area (Å²) < 4.78 is 21.9. The third-order valence-electron chi connectivity index (χ3n) is 5.80. The van der Waals surface area contributed by atoms with Crippen molar-refractivity contribution in [2.45, 2.75) is 19.4 Å². The summed E-state index contributed by atoms with van der Waals surface area (Å²) in [5.74, 6) is -0.975. The predicted octanol–water partition coefficient (Wildman–Crippen LogP) is 4.14. The summed E-state index contributed by atoms with van der Waals surface area (Å²) in [6, 6.07) is 13.9. The van der Waals surface area contributed by atoms with Crippen molar-refractivity contribution >= 4 is 29.5 Å². The number of nitrogens with one attached hydrogen (secondary N) is 1. The minimum absolute atomic E-state index is 0.157. The molecule has 1 amide bonds. The van der Waals surface area contributed by atoms with Crippen LogP contribution in [0, 0.1) is 10.6 Å². The summed E-state index contributed by atoms with van der Waals surface area (Å²) in [5.41, 5.74) is 3.37. The van der Waals surface area contributed by atoms with E-state index in [1.54, 1.807) is 4.57 Å². The van der Waals surface area contributed by atoms with Crippen LogP contribution in [0.25, 0.3) is 5.69 Å². The molecule has 0 spiro atoms. The van der Waals surface area contributed by atoms with Gasteiger partial charge in [0.05, 0.1) is 43.0 Å². The number of imidazole rings is 1. The second-order valence-corrected chi connectivity index (χ2v) is 8.88. The molecule has 2 heterocycles. The summed E-state index contributed by atoms with van der Waals surface area (Å²) in [5, 5.41) is 13.9. The lowest BCUT2D eigenvalue weighted by molar-refractivity contribution is -0.115. The van der Waals surface area contributed by atoms with E-state index in [0.29, 0.717) is 34.8 Å². The maximum Gasteiger partial charge on any atom is 0.316 e. The molecule has 0 aliphatic rings. The number of nitrogens with zero attached hydrogens (tertiary/aromatic N) is 5. The first-order valence-corrected chi connectivity index (χ1v) is 11.9. The van der Waals surface area contributed by atoms with Crippen LogP contribution in [0.3, 0.4) is 0 Å². The lowest BCUT2D eigenvalue weighted by Crippen LogP contribution is -2.18. The van der Waals surface area contributed by atoms with Crippen molar-refractivity contribution in [2.24, 2.45) is 0 Å². The van der Waals surface area contributed by atoms with Crippen molar-refractivity contribution in [1.82, 2.24) is 19.1 Å². The number of hydrogen-bond acceptors (Lipinski definition) is 7. The largest absolute Gasteiger partial charge is 0.493 e. The molecule has 4 aromatic rings. The summed E-state index contributed by atoms with van der Waals surface area (Å²) >= 11 is 5.70. The van der Waals surface area contributed by atoms with Crippen LogP contribution in [0.4, 0.5) is 15.8 Å². The fraction of sp³-hybridized carbons (Fsp3) is 0.231. The molecule has 0 unspecified atom stereocenters. The van der Waals surface area contributed by atoms with Gasteiger partial charge >= 0.3 is 6.01 Å². The average molecular weight is 523 g/mol. The van der Waals surface area contributed by atoms with Gasteiger partial charge in [-0.05, 0) is 60.6 Å². The standard InChI is InChI=1S/C26H27FN6O3S/c1-31(2)20-8-4-17(5-9-20)12-13-32-22(14-23(34)30-19-15-28-25(36-3)29-16-19)24(35)33(26(32)37)21-10-6-18(27)7-11-21/h4-11,15-16,35H,12-14H2,1-3H3,(H,30,34). The lowest BCUT2D eigenvalue weighted by Gasteiger charge is -2.13. The highest BCUT2D eigenvalue weighted by Gasteiger charge is 2.21. The van der Waals surface area contributed by atoms with E-state index in [1.165, 1.54) is 48.3 Å². The van der Waals surface area contributed by atoms with Gasteiger partial charge in [0.25, 0.3) is 0 Å². The van der Waals surface area contributed by atoms with Crippen molar-refractivity contribution < 1.29 is 19.0 Å². The first-order valence-electron chi connectivity index (χ1n) is 11.5. The molecule has 2 aromatic carbocycles. The summed E-state index contributed by atoms with van der Waals surface area (Å²) in [7, 11) is 5.40. The van der Waals surface area contributed by atoms with Crippen LogP contribution in [-0.2, 0) is 24.2 Å². The number of aryl methyl sites for hydroxylation is 1. The Morgan fingerprint density at radius 3 is 2.35 bits per heavy atom. The van der Waals surface area contributed by atoms with Crippen LogP contribution in [0.2, 0.25) is 0 Å². The second kappa shape index (κ2) is 11.2. The Labute approximate surface area is 218 Å². The Kier molecular flexibility index (Phi) is 7.83. The molecule has 0 aliphatic carbocycles. The maximum absolute atomic E-state index is 13.5. The highest BCUT2D eigenvalue weighted by Crippen LogP contribution is 2.27. The monoisotopic (exact) mass is 522 g/mol. The number of amides is 1. The van der Waals surface area contributed by atoms with Crippen LogP contribution >= 0.6 is 12.2 Å². The van der Waals surface area contributed by atoms with E-state index in [4.69, 9.17) is 17.0 Å². The van der Waals surface area contributed by atoms with Gasteiger partial charge in [-0.2, -0.15) is 0 Å². The van der Waals surface area contributed by atoms with Crippen LogP contribution < -0.4 is 15.0 Å². The number of anilines is 2. The highest BCUT2D eigenvalue weighted by molar-refractivity contribution is 7.71. The van der Waals surface area contributed by atoms with Gasteiger partial charge in [0.2, 0.25) is 11.8 Å². The molecule has 2 N–H and O–H groups in total. The van der Waals surface area contributed by atoms with E-state index in [1.807, 2.05) is 43.3 Å². The number of carbonyl (C=O) groups excluding carboxylic acids is 1. The topological polar surface area (TPSA) is 97.4 Å². The molecule has 0 bridgehead atoms. The molecule has 0 fully saturated rings. The smallest absolute Gasteiger partial charge is 0.316 e. The Bertz CT molecular complexity index is 1430. The zero-order chi connectivity index (χ0) is 26.5. The molecule has 2 aromatic heterocycles. The molecular weight excluding hydrogens is 495 g/mol. The van der Waals surface area contributed by atoms with Crippen molar-refractivity contribution in [3.63, 3.8) is 0 Å². The molecule has 0 saturated heterocycles. The number of carbonyl (C=O) groups is 1. The van der Waals surface area contributed by atoms with Crippen LogP contribution in [-0.4, -0.2) is 51.3 Å². The molecular formula is C26H27FN6O3S. The van der Waals surface area contributed by atoms with Gasteiger partial charge < -0.3 is 24.6 Å². The Hall–Kier alpha value is -4.25. The van der Waals surface area contributed by atoms with Gasteiger partial charge in [-0.15, -0.1) is 0 Å². The van der Waals surface area contributed by atoms with Crippen molar-refractivity contribution in [3.8, 4) is 17.6 Å². The predicted molar refractivity (Wildman–Crippen MR) is 142 cm³/mol. The number of halogens is 1. The van der Waals surface area contributed by atoms with Gasteiger partial charge in [0.15, 0.2) is 4.77 Å². The molecule has 37 heavy (non-hydrogen) atoms. The molecule has 11 heteroatoms. The lowest BCUT2D eigenvalue weighted by atomic mass is 10.1. The number of methoxy groups -OCH3 is 1. The number of hydrogen-bond donors (Lipinski definition) is 2. The van der Waals surface area contributed by atoms with Crippen LogP contribution in [0.5, 0.6) is 11.9 Å². The highest BCUT2D eigenvalue weighted by atomic mass is 32.1. The van der Waals surface area contributed by atoms with E-state index in [-0.39, 0.29) is 24.2 Å². The summed E-state index contributed by atoms with van der Waals surface area (Å²) in [4.78, 5) is 22.9. The average Bonchev–Trinajstić information content (AvgIpc) is 3.12. The maximum atomic E-state index is 13.5. The van der Waals surface area contributed by atoms with Crippen molar-refractivity contribution in [1.29, 1.82) is 0 Å². The van der Waals surface area contributed by atoms with E-state index < -0.39 is 5.82 Å². The van der Waals surface area contributed by atoms with E-state index in [0.717, 1.165) is 11.3 Å². The molecule has 0 saturated carbocycles. The van der Waals surface area contributed by atoms with Crippen LogP contribution in [0.15, 0.2) is 60.9 Å². The quantitative estimate of drug-likeness (QED) is 0.319. The minimum atomic E-state index is -0.406. The van der Waals surface area contributed by atoms with Gasteiger partial charge in [-0.3, -0.25) is 9.36 Å². The van der Waals surface area contributed by atoms with Crippen molar-refractivity contribution in [3.05, 3.63) is 82.8 Å². The zero-order valence-corrected chi connectivity index (χ0v) is 21.5. The third-order valence-corrected chi connectivity index (χ3v) is 6.21. The Balaban J connectivity index is 1.63. The molecule has 9 nitrogen and oxygen atoms in total. The minimum Gasteiger partial charge on any atom is -0.493 e. The normalized spacial score (nSPS) is 10.8.